The molecule has 0 saturated carbocycles. The number of unbranched alkanes of at least 4 members (excludes halogenated alkanes) is 1. The summed E-state index contributed by atoms with van der Waals surface area (Å²) in [7, 11) is 0. The monoisotopic (exact) mass is 368 g/mol. The molecule has 0 saturated heterocycles. The average Bonchev–Trinajstić information content (AvgIpc) is 2.84. The summed E-state index contributed by atoms with van der Waals surface area (Å²) in [6.07, 6.45) is 4.39. The molecule has 1 N–H and O–H groups in total. The van der Waals surface area contributed by atoms with E-state index in [0.717, 1.165) is 18.4 Å². The maximum absolute atomic E-state index is 12.6. The number of amides is 1. The maximum atomic E-state index is 12.6. The van der Waals surface area contributed by atoms with Gasteiger partial charge in [-0.15, -0.1) is 11.8 Å². The van der Waals surface area contributed by atoms with E-state index < -0.39 is 5.54 Å². The molecule has 0 radical (unpaired) electrons. The second kappa shape index (κ2) is 9.41. The number of ether oxygens (including phenoxy) is 1. The van der Waals surface area contributed by atoms with E-state index in [4.69, 9.17) is 9.73 Å². The van der Waals surface area contributed by atoms with Crippen LogP contribution in [0, 0.1) is 11.8 Å². The standard InChI is InChI=1S/C19H32N2O3S/c1-8-9-10-14(17(22)24-11-25-7)15(12(2)3)16-20-18(23)19(6,21-16)13(4)5/h12-13H,8-11H2,1-7H3,(H,20,21,23)/b15-14+. The Labute approximate surface area is 156 Å². The number of nitrogens with one attached hydrogen (secondary N) is 1. The lowest BCUT2D eigenvalue weighted by molar-refractivity contribution is -0.137. The van der Waals surface area contributed by atoms with Crippen molar-refractivity contribution in [2.45, 2.75) is 66.3 Å². The second-order valence-electron chi connectivity index (χ2n) is 7.21. The fourth-order valence-electron chi connectivity index (χ4n) is 2.73. The van der Waals surface area contributed by atoms with Crippen LogP contribution in [-0.4, -0.2) is 35.4 Å². The molecule has 0 spiro atoms. The van der Waals surface area contributed by atoms with Crippen LogP contribution < -0.4 is 5.32 Å². The Bertz CT molecular complexity index is 567. The van der Waals surface area contributed by atoms with Gasteiger partial charge in [0.25, 0.3) is 5.91 Å². The molecule has 142 valence electrons. The van der Waals surface area contributed by atoms with E-state index in [1.807, 2.05) is 40.9 Å². The van der Waals surface area contributed by atoms with Crippen LogP contribution in [0.2, 0.25) is 0 Å². The quantitative estimate of drug-likeness (QED) is 0.380. The zero-order chi connectivity index (χ0) is 19.2. The summed E-state index contributed by atoms with van der Waals surface area (Å²) >= 11 is 1.46. The van der Waals surface area contributed by atoms with E-state index in [1.54, 1.807) is 0 Å². The Hall–Kier alpha value is -1.30. The number of esters is 1. The smallest absolute Gasteiger partial charge is 0.335 e. The van der Waals surface area contributed by atoms with Crippen LogP contribution in [0.1, 0.15) is 60.8 Å². The number of hydrogen-bond acceptors (Lipinski definition) is 5. The molecule has 0 aliphatic carbocycles. The number of carbonyl (C=O) groups excluding carboxylic acids is 2. The SMILES string of the molecule is CCCC/C(C(=O)OCSC)=C(\C1=NC(C)(C(C)C)C(=O)N1)C(C)C. The molecule has 0 aromatic carbocycles. The van der Waals surface area contributed by atoms with Gasteiger partial charge in [0.15, 0.2) is 0 Å². The number of amidine groups is 1. The number of aliphatic imine (C=N–C) groups is 1. The number of hydrogen-bond donors (Lipinski definition) is 1. The van der Waals surface area contributed by atoms with Crippen LogP contribution in [0.15, 0.2) is 16.1 Å². The molecule has 1 aliphatic rings. The minimum absolute atomic E-state index is 0.0576. The van der Waals surface area contributed by atoms with Gasteiger partial charge in [0.05, 0.1) is 0 Å². The van der Waals surface area contributed by atoms with Crippen LogP contribution in [0.25, 0.3) is 0 Å². The van der Waals surface area contributed by atoms with E-state index in [2.05, 4.69) is 12.2 Å². The van der Waals surface area contributed by atoms with Gasteiger partial charge in [0, 0.05) is 11.1 Å². The van der Waals surface area contributed by atoms with Gasteiger partial charge in [-0.05, 0) is 37.9 Å². The van der Waals surface area contributed by atoms with Crippen molar-refractivity contribution < 1.29 is 14.3 Å². The first-order chi connectivity index (χ1) is 11.7. The van der Waals surface area contributed by atoms with Gasteiger partial charge in [-0.2, -0.15) is 0 Å². The number of rotatable bonds is 9. The molecule has 1 aliphatic heterocycles. The molecule has 1 atom stereocenters. The van der Waals surface area contributed by atoms with Crippen molar-refractivity contribution in [2.75, 3.05) is 12.2 Å². The van der Waals surface area contributed by atoms with Crippen molar-refractivity contribution in [3.63, 3.8) is 0 Å². The number of thioether (sulfide) groups is 1. The predicted octanol–water partition coefficient (Wildman–Crippen LogP) is 3.94. The molecule has 0 aromatic heterocycles. The first-order valence-electron chi connectivity index (χ1n) is 8.99. The summed E-state index contributed by atoms with van der Waals surface area (Å²) in [5.74, 6) is 0.568. The largest absolute Gasteiger partial charge is 0.451 e. The van der Waals surface area contributed by atoms with Gasteiger partial charge in [-0.1, -0.05) is 41.0 Å². The summed E-state index contributed by atoms with van der Waals surface area (Å²) < 4.78 is 5.37. The summed E-state index contributed by atoms with van der Waals surface area (Å²) in [6.45, 7) is 11.9. The minimum atomic E-state index is -0.797. The summed E-state index contributed by atoms with van der Waals surface area (Å²) in [6, 6.07) is 0. The maximum Gasteiger partial charge on any atom is 0.335 e. The Kier molecular flexibility index (Phi) is 8.19. The van der Waals surface area contributed by atoms with Gasteiger partial charge >= 0.3 is 5.97 Å². The van der Waals surface area contributed by atoms with Crippen molar-refractivity contribution >= 4 is 29.5 Å². The molecule has 0 bridgehead atoms. The molecule has 0 aromatic rings. The second-order valence-corrected chi connectivity index (χ2v) is 8.02. The fraction of sp³-hybridized carbons (Fsp3) is 0.737. The summed E-state index contributed by atoms with van der Waals surface area (Å²) in [4.78, 5) is 29.8. The highest BCUT2D eigenvalue weighted by atomic mass is 32.2. The lowest BCUT2D eigenvalue weighted by atomic mass is 9.89. The van der Waals surface area contributed by atoms with Crippen molar-refractivity contribution in [2.24, 2.45) is 16.8 Å². The lowest BCUT2D eigenvalue weighted by Crippen LogP contribution is -2.41. The molecule has 0 fully saturated rings. The summed E-state index contributed by atoms with van der Waals surface area (Å²) in [5, 5.41) is 2.92. The van der Waals surface area contributed by atoms with Crippen LogP contribution in [0.3, 0.4) is 0 Å². The van der Waals surface area contributed by atoms with Gasteiger partial charge < -0.3 is 10.1 Å². The highest BCUT2D eigenvalue weighted by Crippen LogP contribution is 2.30. The normalized spacial score (nSPS) is 21.3. The third-order valence-electron chi connectivity index (χ3n) is 4.65. The van der Waals surface area contributed by atoms with E-state index in [0.29, 0.717) is 23.8 Å². The fourth-order valence-corrected chi connectivity index (χ4v) is 2.95. The third-order valence-corrected chi connectivity index (χ3v) is 5.01. The van der Waals surface area contributed by atoms with Crippen molar-refractivity contribution in [3.8, 4) is 0 Å². The molecule has 1 amide bonds. The predicted molar refractivity (Wildman–Crippen MR) is 105 cm³/mol. The van der Waals surface area contributed by atoms with Crippen LogP contribution >= 0.6 is 11.8 Å². The molecule has 25 heavy (non-hydrogen) atoms. The van der Waals surface area contributed by atoms with E-state index in [9.17, 15) is 9.59 Å². The lowest BCUT2D eigenvalue weighted by Gasteiger charge is -2.21. The minimum Gasteiger partial charge on any atom is -0.451 e. The zero-order valence-electron chi connectivity index (χ0n) is 16.6. The van der Waals surface area contributed by atoms with Crippen molar-refractivity contribution in [1.82, 2.24) is 5.32 Å². The highest BCUT2D eigenvalue weighted by Gasteiger charge is 2.43. The third kappa shape index (κ3) is 5.09. The Morgan fingerprint density at radius 2 is 1.96 bits per heavy atom. The van der Waals surface area contributed by atoms with Gasteiger partial charge in [-0.25, -0.2) is 4.79 Å². The first-order valence-corrected chi connectivity index (χ1v) is 10.4. The summed E-state index contributed by atoms with van der Waals surface area (Å²) in [5.41, 5.74) is 0.643. The first kappa shape index (κ1) is 21.7. The molecular formula is C19H32N2O3S. The zero-order valence-corrected chi connectivity index (χ0v) is 17.4. The highest BCUT2D eigenvalue weighted by molar-refractivity contribution is 7.98. The van der Waals surface area contributed by atoms with E-state index in [-0.39, 0.29) is 23.7 Å². The molecule has 1 unspecified atom stereocenters. The Balaban J connectivity index is 3.38. The van der Waals surface area contributed by atoms with E-state index in [1.165, 1.54) is 11.8 Å². The van der Waals surface area contributed by atoms with Crippen LogP contribution in [0.5, 0.6) is 0 Å². The molecular weight excluding hydrogens is 336 g/mol. The van der Waals surface area contributed by atoms with Crippen LogP contribution in [-0.2, 0) is 14.3 Å². The Morgan fingerprint density at radius 1 is 1.32 bits per heavy atom. The van der Waals surface area contributed by atoms with E-state index >= 15 is 0 Å². The van der Waals surface area contributed by atoms with Crippen LogP contribution in [0.4, 0.5) is 0 Å². The average molecular weight is 369 g/mol. The molecule has 5 nitrogen and oxygen atoms in total. The van der Waals surface area contributed by atoms with Crippen molar-refractivity contribution in [3.05, 3.63) is 11.1 Å². The Morgan fingerprint density at radius 3 is 2.40 bits per heavy atom. The molecule has 1 heterocycles. The van der Waals surface area contributed by atoms with Gasteiger partial charge in [0.2, 0.25) is 0 Å². The van der Waals surface area contributed by atoms with Gasteiger partial charge in [0.1, 0.15) is 17.3 Å². The molecule has 1 rings (SSSR count). The van der Waals surface area contributed by atoms with Gasteiger partial charge in [-0.3, -0.25) is 9.79 Å². The van der Waals surface area contributed by atoms with Crippen molar-refractivity contribution in [1.29, 1.82) is 0 Å². The number of carbonyl (C=O) groups is 2. The molecule has 6 heteroatoms. The number of nitrogens with zero attached hydrogens (tertiary/aromatic N) is 1. The topological polar surface area (TPSA) is 67.8 Å².